The van der Waals surface area contributed by atoms with Gasteiger partial charge in [0.15, 0.2) is 4.86 Å². The molecule has 0 spiro atoms. The van der Waals surface area contributed by atoms with Crippen molar-refractivity contribution in [1.82, 2.24) is 0 Å². The summed E-state index contributed by atoms with van der Waals surface area (Å²) in [6.07, 6.45) is 1.86. The molecule has 0 aliphatic carbocycles. The van der Waals surface area contributed by atoms with E-state index >= 15 is 0 Å². The average molecular weight is 228 g/mol. The molecule has 15 heavy (non-hydrogen) atoms. The van der Waals surface area contributed by atoms with E-state index < -0.39 is 22.4 Å². The van der Waals surface area contributed by atoms with Crippen LogP contribution in [-0.4, -0.2) is 31.0 Å². The molecule has 1 aliphatic rings. The minimum atomic E-state index is -0.638. The Labute approximate surface area is 90.5 Å². The molecular formula is C10H12O4S. The van der Waals surface area contributed by atoms with E-state index in [0.717, 1.165) is 5.57 Å². The highest BCUT2D eigenvalue weighted by Crippen LogP contribution is 2.29. The van der Waals surface area contributed by atoms with Crippen molar-refractivity contribution in [1.29, 1.82) is 0 Å². The topological polar surface area (TPSA) is 52.6 Å². The van der Waals surface area contributed by atoms with Crippen LogP contribution in [-0.2, 0) is 19.1 Å². The summed E-state index contributed by atoms with van der Waals surface area (Å²) in [7, 11) is 1.85. The maximum absolute atomic E-state index is 11.4. The van der Waals surface area contributed by atoms with Crippen LogP contribution >= 0.6 is 10.5 Å². The number of allylic oxidation sites excluding steroid dienone is 2. The van der Waals surface area contributed by atoms with Crippen LogP contribution in [0.15, 0.2) is 22.5 Å². The van der Waals surface area contributed by atoms with Gasteiger partial charge in [0.25, 0.3) is 0 Å². The average Bonchev–Trinajstić information content (AvgIpc) is 2.64. The molecule has 0 amide bonds. The molecule has 0 aromatic heterocycles. The van der Waals surface area contributed by atoms with Crippen LogP contribution in [0.3, 0.4) is 0 Å². The number of rotatable bonds is 2. The maximum atomic E-state index is 11.4. The first kappa shape index (κ1) is 11.7. The minimum Gasteiger partial charge on any atom is -0.465 e. The number of carbonyl (C=O) groups is 2. The van der Waals surface area contributed by atoms with Crippen molar-refractivity contribution in [3.8, 4) is 0 Å². The van der Waals surface area contributed by atoms with Gasteiger partial charge in [-0.05, 0) is 23.3 Å². The standard InChI is InChI=1S/C10H12O4S/c1-7-4-5-15(6-7)8(9(11)13-2)10(12)14-3/h4-6H,1-3H3. The molecule has 0 N–H and O–H groups in total. The van der Waals surface area contributed by atoms with Crippen LogP contribution in [0.4, 0.5) is 0 Å². The second-order valence-electron chi connectivity index (χ2n) is 2.85. The molecule has 0 radical (unpaired) electrons. The minimum absolute atomic E-state index is 0.0353. The Hall–Kier alpha value is -1.36. The summed E-state index contributed by atoms with van der Waals surface area (Å²) < 4.78 is 9.10. The van der Waals surface area contributed by atoms with Gasteiger partial charge in [0.05, 0.1) is 14.2 Å². The first-order chi connectivity index (χ1) is 7.10. The van der Waals surface area contributed by atoms with Crippen molar-refractivity contribution in [3.05, 3.63) is 22.5 Å². The lowest BCUT2D eigenvalue weighted by molar-refractivity contribution is -0.137. The van der Waals surface area contributed by atoms with Crippen LogP contribution in [0.25, 0.3) is 0 Å². The van der Waals surface area contributed by atoms with E-state index in [2.05, 4.69) is 9.47 Å². The molecule has 0 saturated heterocycles. The number of ether oxygens (including phenoxy) is 2. The largest absolute Gasteiger partial charge is 0.465 e. The molecule has 82 valence electrons. The second-order valence-corrected chi connectivity index (χ2v) is 4.51. The molecule has 1 unspecified atom stereocenters. The Morgan fingerprint density at radius 2 is 1.73 bits per heavy atom. The Kier molecular flexibility index (Phi) is 3.85. The fraction of sp³-hybridized carbons (Fsp3) is 0.300. The number of hydrogen-bond donors (Lipinski definition) is 0. The van der Waals surface area contributed by atoms with Crippen LogP contribution < -0.4 is 0 Å². The van der Waals surface area contributed by atoms with E-state index in [1.165, 1.54) is 14.2 Å². The molecule has 0 aromatic rings. The molecular weight excluding hydrogens is 216 g/mol. The SMILES string of the molecule is COC(=O)C(C(=O)OC)=S1C=CC(C)=C1. The van der Waals surface area contributed by atoms with Crippen molar-refractivity contribution in [3.63, 3.8) is 0 Å². The van der Waals surface area contributed by atoms with Crippen LogP contribution in [0.2, 0.25) is 0 Å². The van der Waals surface area contributed by atoms with E-state index in [4.69, 9.17) is 0 Å². The summed E-state index contributed by atoms with van der Waals surface area (Å²) in [5.41, 5.74) is 1.02. The van der Waals surface area contributed by atoms with Gasteiger partial charge in [-0.1, -0.05) is 6.08 Å². The number of esters is 2. The predicted molar refractivity (Wildman–Crippen MR) is 59.5 cm³/mol. The predicted octanol–water partition coefficient (Wildman–Crippen LogP) is 1.20. The smallest absolute Gasteiger partial charge is 0.351 e. The quantitative estimate of drug-likeness (QED) is 0.405. The summed E-state index contributed by atoms with van der Waals surface area (Å²) in [6.45, 7) is 1.90. The van der Waals surface area contributed by atoms with E-state index in [-0.39, 0.29) is 4.86 Å². The summed E-state index contributed by atoms with van der Waals surface area (Å²) in [5.74, 6) is -1.28. The van der Waals surface area contributed by atoms with Gasteiger partial charge in [0, 0.05) is 0 Å². The van der Waals surface area contributed by atoms with Crippen LogP contribution in [0.1, 0.15) is 6.92 Å². The Balaban J connectivity index is 3.18. The van der Waals surface area contributed by atoms with E-state index in [0.29, 0.717) is 0 Å². The van der Waals surface area contributed by atoms with E-state index in [1.807, 2.05) is 18.4 Å². The fourth-order valence-electron chi connectivity index (χ4n) is 1.05. The molecule has 4 nitrogen and oxygen atoms in total. The van der Waals surface area contributed by atoms with Crippen molar-refractivity contribution in [2.75, 3.05) is 14.2 Å². The number of methoxy groups -OCH3 is 2. The van der Waals surface area contributed by atoms with Crippen LogP contribution in [0, 0.1) is 0 Å². The van der Waals surface area contributed by atoms with Gasteiger partial charge in [-0.3, -0.25) is 0 Å². The molecule has 1 atom stereocenters. The molecule has 0 saturated carbocycles. The van der Waals surface area contributed by atoms with E-state index in [9.17, 15) is 9.59 Å². The Bertz CT molecular complexity index is 372. The second kappa shape index (κ2) is 4.93. The van der Waals surface area contributed by atoms with Gasteiger partial charge in [-0.25, -0.2) is 9.59 Å². The molecule has 0 aromatic carbocycles. The van der Waals surface area contributed by atoms with Crippen molar-refractivity contribution in [2.45, 2.75) is 6.92 Å². The third kappa shape index (κ3) is 2.56. The van der Waals surface area contributed by atoms with Gasteiger partial charge >= 0.3 is 11.9 Å². The highest BCUT2D eigenvalue weighted by molar-refractivity contribution is 8.23. The Morgan fingerprint density at radius 1 is 1.20 bits per heavy atom. The molecule has 1 aliphatic heterocycles. The van der Waals surface area contributed by atoms with Crippen molar-refractivity contribution >= 4 is 27.3 Å². The van der Waals surface area contributed by atoms with Gasteiger partial charge in [-0.15, -0.1) is 10.5 Å². The summed E-state index contributed by atoms with van der Waals surface area (Å²) in [5, 5.41) is 3.63. The highest BCUT2D eigenvalue weighted by atomic mass is 32.2. The number of hydrogen-bond acceptors (Lipinski definition) is 4. The highest BCUT2D eigenvalue weighted by Gasteiger charge is 2.23. The third-order valence-corrected chi connectivity index (χ3v) is 3.63. The summed E-state index contributed by atoms with van der Waals surface area (Å²) in [4.78, 5) is 22.8. The normalized spacial score (nSPS) is 18.3. The van der Waals surface area contributed by atoms with Crippen LogP contribution in [0.5, 0.6) is 0 Å². The zero-order valence-electron chi connectivity index (χ0n) is 8.77. The zero-order chi connectivity index (χ0) is 11.4. The van der Waals surface area contributed by atoms with Gasteiger partial charge < -0.3 is 9.47 Å². The lowest BCUT2D eigenvalue weighted by Crippen LogP contribution is -2.26. The van der Waals surface area contributed by atoms with Crippen molar-refractivity contribution < 1.29 is 19.1 Å². The third-order valence-electron chi connectivity index (χ3n) is 1.77. The lowest BCUT2D eigenvalue weighted by Gasteiger charge is -2.05. The monoisotopic (exact) mass is 228 g/mol. The fourth-order valence-corrected chi connectivity index (χ4v) is 2.77. The lowest BCUT2D eigenvalue weighted by atomic mass is 10.4. The first-order valence-corrected chi connectivity index (χ1v) is 5.57. The number of carbonyl (C=O) groups excluding carboxylic acids is 2. The molecule has 1 heterocycles. The van der Waals surface area contributed by atoms with Crippen molar-refractivity contribution in [2.24, 2.45) is 0 Å². The molecule has 0 bridgehead atoms. The van der Waals surface area contributed by atoms with Gasteiger partial charge in [-0.2, -0.15) is 0 Å². The van der Waals surface area contributed by atoms with Gasteiger partial charge in [0.2, 0.25) is 0 Å². The maximum Gasteiger partial charge on any atom is 0.351 e. The first-order valence-electron chi connectivity index (χ1n) is 4.22. The summed E-state index contributed by atoms with van der Waals surface area (Å²) in [6, 6.07) is 0. The molecule has 1 rings (SSSR count). The molecule has 5 heteroatoms. The molecule has 0 fully saturated rings. The van der Waals surface area contributed by atoms with Gasteiger partial charge in [0.1, 0.15) is 0 Å². The van der Waals surface area contributed by atoms with E-state index in [1.54, 1.807) is 5.41 Å². The summed E-state index contributed by atoms with van der Waals surface area (Å²) >= 11 is 0. The Morgan fingerprint density at radius 3 is 2.07 bits per heavy atom. The zero-order valence-corrected chi connectivity index (χ0v) is 9.59.